The zero-order chi connectivity index (χ0) is 17.1. The number of benzene rings is 2. The molecule has 0 radical (unpaired) electrons. The Morgan fingerprint density at radius 2 is 1.75 bits per heavy atom. The van der Waals surface area contributed by atoms with E-state index in [0.717, 1.165) is 21.7 Å². The molecule has 0 aliphatic carbocycles. The van der Waals surface area contributed by atoms with Gasteiger partial charge in [0.05, 0.1) is 0 Å². The van der Waals surface area contributed by atoms with Crippen molar-refractivity contribution >= 4 is 29.3 Å². The van der Waals surface area contributed by atoms with Crippen LogP contribution in [0.2, 0.25) is 0 Å². The van der Waals surface area contributed by atoms with Crippen LogP contribution in [0.15, 0.2) is 53.4 Å². The van der Waals surface area contributed by atoms with E-state index < -0.39 is 6.04 Å². The highest BCUT2D eigenvalue weighted by atomic mass is 32.2. The van der Waals surface area contributed by atoms with E-state index in [0.29, 0.717) is 13.0 Å². The van der Waals surface area contributed by atoms with Crippen LogP contribution in [-0.2, 0) is 22.6 Å². The molecule has 0 spiro atoms. The lowest BCUT2D eigenvalue weighted by Gasteiger charge is -2.35. The Balaban J connectivity index is 1.80. The molecule has 2 aromatic carbocycles. The van der Waals surface area contributed by atoms with Crippen LogP contribution in [0.5, 0.6) is 0 Å². The first-order valence-corrected chi connectivity index (χ1v) is 9.10. The summed E-state index contributed by atoms with van der Waals surface area (Å²) in [5.41, 5.74) is 2.99. The molecule has 3 rings (SSSR count). The number of nitrogens with zero attached hydrogens (tertiary/aromatic N) is 1. The summed E-state index contributed by atoms with van der Waals surface area (Å²) in [6.07, 6.45) is 2.56. The van der Waals surface area contributed by atoms with Crippen molar-refractivity contribution in [2.45, 2.75) is 30.8 Å². The summed E-state index contributed by atoms with van der Waals surface area (Å²) >= 11 is 1.66. The Morgan fingerprint density at radius 3 is 2.38 bits per heavy atom. The second kappa shape index (κ2) is 7.09. The molecule has 2 aromatic rings. The summed E-state index contributed by atoms with van der Waals surface area (Å²) < 4.78 is 0. The van der Waals surface area contributed by atoms with Crippen molar-refractivity contribution in [2.75, 3.05) is 11.6 Å². The van der Waals surface area contributed by atoms with E-state index in [4.69, 9.17) is 0 Å². The van der Waals surface area contributed by atoms with Gasteiger partial charge in [-0.1, -0.05) is 24.3 Å². The number of anilines is 1. The van der Waals surface area contributed by atoms with Crippen LogP contribution in [0.3, 0.4) is 0 Å². The molecule has 24 heavy (non-hydrogen) atoms. The number of nitrogens with one attached hydrogen (secondary N) is 1. The van der Waals surface area contributed by atoms with E-state index >= 15 is 0 Å². The smallest absolute Gasteiger partial charge is 0.247 e. The second-order valence-electron chi connectivity index (χ2n) is 5.85. The summed E-state index contributed by atoms with van der Waals surface area (Å²) in [7, 11) is 0. The molecule has 0 fully saturated rings. The van der Waals surface area contributed by atoms with E-state index in [1.54, 1.807) is 16.7 Å². The molecular weight excluding hydrogens is 320 g/mol. The van der Waals surface area contributed by atoms with Crippen molar-refractivity contribution in [1.82, 2.24) is 4.90 Å². The lowest BCUT2D eigenvalue weighted by atomic mass is 9.93. The van der Waals surface area contributed by atoms with Gasteiger partial charge in [-0.3, -0.25) is 9.59 Å². The van der Waals surface area contributed by atoms with Crippen LogP contribution in [0, 0.1) is 0 Å². The number of thioether (sulfide) groups is 1. The molecule has 1 aliphatic rings. The van der Waals surface area contributed by atoms with Crippen LogP contribution in [0.4, 0.5) is 5.69 Å². The van der Waals surface area contributed by atoms with Gasteiger partial charge in [0.25, 0.3) is 0 Å². The molecule has 4 nitrogen and oxygen atoms in total. The summed E-state index contributed by atoms with van der Waals surface area (Å²) in [4.78, 5) is 27.5. The van der Waals surface area contributed by atoms with Gasteiger partial charge in [-0.05, 0) is 41.6 Å². The normalized spacial score (nSPS) is 16.4. The van der Waals surface area contributed by atoms with E-state index in [2.05, 4.69) is 5.32 Å². The third-order valence-electron chi connectivity index (χ3n) is 4.31. The van der Waals surface area contributed by atoms with Crippen LogP contribution in [0.25, 0.3) is 0 Å². The highest BCUT2D eigenvalue weighted by Gasteiger charge is 2.32. The minimum absolute atomic E-state index is 0.0811. The van der Waals surface area contributed by atoms with Crippen LogP contribution in [0.1, 0.15) is 18.1 Å². The van der Waals surface area contributed by atoms with Crippen LogP contribution < -0.4 is 5.32 Å². The fourth-order valence-electron chi connectivity index (χ4n) is 2.99. The highest BCUT2D eigenvalue weighted by molar-refractivity contribution is 7.98. The molecule has 5 heteroatoms. The zero-order valence-corrected chi connectivity index (χ0v) is 14.6. The maximum absolute atomic E-state index is 12.7. The number of fused-ring (bicyclic) bond motifs is 1. The Hall–Kier alpha value is -2.27. The van der Waals surface area contributed by atoms with Crippen molar-refractivity contribution in [3.63, 3.8) is 0 Å². The van der Waals surface area contributed by atoms with E-state index in [1.165, 1.54) is 6.92 Å². The molecule has 1 aliphatic heterocycles. The maximum Gasteiger partial charge on any atom is 0.247 e. The lowest BCUT2D eigenvalue weighted by Crippen LogP contribution is -2.49. The molecule has 1 atom stereocenters. The van der Waals surface area contributed by atoms with Gasteiger partial charge in [-0.25, -0.2) is 0 Å². The minimum Gasteiger partial charge on any atom is -0.326 e. The highest BCUT2D eigenvalue weighted by Crippen LogP contribution is 2.25. The maximum atomic E-state index is 12.7. The molecule has 0 aromatic heterocycles. The third kappa shape index (κ3) is 3.46. The third-order valence-corrected chi connectivity index (χ3v) is 5.06. The summed E-state index contributed by atoms with van der Waals surface area (Å²) in [6, 6.07) is 15.2. The van der Waals surface area contributed by atoms with Crippen molar-refractivity contribution in [1.29, 1.82) is 0 Å². The molecule has 0 saturated heterocycles. The Bertz CT molecular complexity index is 758. The molecule has 0 bridgehead atoms. The minimum atomic E-state index is -0.474. The van der Waals surface area contributed by atoms with Crippen LogP contribution in [-0.4, -0.2) is 29.0 Å². The molecule has 1 N–H and O–H groups in total. The van der Waals surface area contributed by atoms with Gasteiger partial charge >= 0.3 is 0 Å². The number of carbonyl (C=O) groups excluding carboxylic acids is 2. The predicted molar refractivity (Wildman–Crippen MR) is 97.0 cm³/mol. The largest absolute Gasteiger partial charge is 0.326 e. The van der Waals surface area contributed by atoms with Crippen molar-refractivity contribution in [3.8, 4) is 0 Å². The molecule has 0 saturated carbocycles. The Morgan fingerprint density at radius 1 is 1.08 bits per heavy atom. The fraction of sp³-hybridized carbons (Fsp3) is 0.263. The van der Waals surface area contributed by atoms with Gasteiger partial charge in [0.2, 0.25) is 11.8 Å². The molecule has 0 unspecified atom stereocenters. The van der Waals surface area contributed by atoms with Crippen molar-refractivity contribution in [2.24, 2.45) is 0 Å². The topological polar surface area (TPSA) is 49.4 Å². The van der Waals surface area contributed by atoms with Crippen LogP contribution >= 0.6 is 11.8 Å². The Labute approximate surface area is 146 Å². The van der Waals surface area contributed by atoms with Gasteiger partial charge < -0.3 is 10.2 Å². The van der Waals surface area contributed by atoms with Gasteiger partial charge in [0.1, 0.15) is 6.04 Å². The number of carbonyl (C=O) groups is 2. The van der Waals surface area contributed by atoms with E-state index in [9.17, 15) is 9.59 Å². The van der Waals surface area contributed by atoms with E-state index in [-0.39, 0.29) is 11.8 Å². The standard InChI is InChI=1S/C19H20N2O2S/c1-13(22)21-12-15-6-4-3-5-14(15)11-18(21)19(23)20-16-7-9-17(24-2)10-8-16/h3-10,18H,11-12H2,1-2H3,(H,20,23)/t18-/m1/s1. The molecule has 2 amide bonds. The van der Waals surface area contributed by atoms with Gasteiger partial charge in [0, 0.05) is 30.5 Å². The quantitative estimate of drug-likeness (QED) is 0.872. The summed E-state index contributed by atoms with van der Waals surface area (Å²) in [5, 5.41) is 2.94. The molecular formula is C19H20N2O2S. The first-order chi connectivity index (χ1) is 11.6. The fourth-order valence-corrected chi connectivity index (χ4v) is 3.40. The molecule has 124 valence electrons. The first kappa shape index (κ1) is 16.6. The van der Waals surface area contributed by atoms with Crippen molar-refractivity contribution < 1.29 is 9.59 Å². The number of rotatable bonds is 3. The van der Waals surface area contributed by atoms with E-state index in [1.807, 2.05) is 54.8 Å². The Kier molecular flexibility index (Phi) is 4.90. The second-order valence-corrected chi connectivity index (χ2v) is 6.73. The number of amides is 2. The summed E-state index contributed by atoms with van der Waals surface area (Å²) in [6.45, 7) is 2.00. The van der Waals surface area contributed by atoms with Gasteiger partial charge in [0.15, 0.2) is 0 Å². The van der Waals surface area contributed by atoms with Gasteiger partial charge in [-0.15, -0.1) is 11.8 Å². The SMILES string of the molecule is CSc1ccc(NC(=O)[C@H]2Cc3ccccc3CN2C(C)=O)cc1. The predicted octanol–water partition coefficient (Wildman–Crippen LogP) is 3.32. The summed E-state index contributed by atoms with van der Waals surface area (Å²) in [5.74, 6) is -0.223. The lowest BCUT2D eigenvalue weighted by molar-refractivity contribution is -0.138. The monoisotopic (exact) mass is 340 g/mol. The van der Waals surface area contributed by atoms with Crippen molar-refractivity contribution in [3.05, 3.63) is 59.7 Å². The first-order valence-electron chi connectivity index (χ1n) is 7.87. The number of hydrogen-bond donors (Lipinski definition) is 1. The average Bonchev–Trinajstić information content (AvgIpc) is 2.61. The zero-order valence-electron chi connectivity index (χ0n) is 13.8. The van der Waals surface area contributed by atoms with Gasteiger partial charge in [-0.2, -0.15) is 0 Å². The average molecular weight is 340 g/mol. The number of hydrogen-bond acceptors (Lipinski definition) is 3. The molecule has 1 heterocycles.